The molecule has 1 heterocycles. The fraction of sp³-hybridized carbons (Fsp3) is 0.500. The van der Waals surface area contributed by atoms with E-state index in [0.29, 0.717) is 0 Å². The Balaban J connectivity index is 2.33. The number of nitrogens with one attached hydrogen (secondary N) is 1. The predicted octanol–water partition coefficient (Wildman–Crippen LogP) is 3.65. The molecule has 0 aliphatic carbocycles. The number of hydrogen-bond acceptors (Lipinski definition) is 2. The second kappa shape index (κ2) is 6.20. The maximum Gasteiger partial charge on any atom is 0.146 e. The Hall–Kier alpha value is -1.35. The molecule has 2 rings (SSSR count). The van der Waals surface area contributed by atoms with Crippen LogP contribution in [0.4, 0.5) is 10.1 Å². The summed E-state index contributed by atoms with van der Waals surface area (Å²) >= 11 is 0. The summed E-state index contributed by atoms with van der Waals surface area (Å²) in [6, 6.07) is 5.55. The summed E-state index contributed by atoms with van der Waals surface area (Å²) in [6.45, 7) is 8.89. The average Bonchev–Trinajstić information content (AvgIpc) is 2.40. The van der Waals surface area contributed by atoms with Gasteiger partial charge in [-0.15, -0.1) is 0 Å². The van der Waals surface area contributed by atoms with Crippen LogP contribution in [0.5, 0.6) is 0 Å². The number of halogens is 1. The zero-order valence-corrected chi connectivity index (χ0v) is 12.0. The molecule has 1 atom stereocenters. The van der Waals surface area contributed by atoms with E-state index >= 15 is 0 Å². The number of para-hydroxylation sites is 1. The molecule has 1 aromatic rings. The highest BCUT2D eigenvalue weighted by molar-refractivity contribution is 5.57. The van der Waals surface area contributed by atoms with E-state index in [9.17, 15) is 4.39 Å². The third-order valence-electron chi connectivity index (χ3n) is 3.75. The molecule has 0 fully saturated rings. The molecule has 0 saturated heterocycles. The lowest BCUT2D eigenvalue weighted by molar-refractivity contribution is 0.576. The van der Waals surface area contributed by atoms with Gasteiger partial charge in [-0.25, -0.2) is 4.39 Å². The van der Waals surface area contributed by atoms with Crippen molar-refractivity contribution in [3.63, 3.8) is 0 Å². The van der Waals surface area contributed by atoms with Gasteiger partial charge in [0.15, 0.2) is 0 Å². The van der Waals surface area contributed by atoms with Crippen LogP contribution < -0.4 is 10.2 Å². The van der Waals surface area contributed by atoms with Crippen LogP contribution in [0.2, 0.25) is 0 Å². The smallest absolute Gasteiger partial charge is 0.146 e. The normalized spacial score (nSPS) is 17.3. The van der Waals surface area contributed by atoms with Crippen molar-refractivity contribution in [2.75, 3.05) is 24.5 Å². The Labute approximate surface area is 115 Å². The molecule has 1 aliphatic rings. The number of benzene rings is 1. The lowest BCUT2D eigenvalue weighted by Gasteiger charge is -2.31. The monoisotopic (exact) mass is 262 g/mol. The number of nitrogens with zero attached hydrogens (tertiary/aromatic N) is 1. The van der Waals surface area contributed by atoms with Crippen LogP contribution in [-0.2, 0) is 0 Å². The Morgan fingerprint density at radius 2 is 2.21 bits per heavy atom. The molecule has 1 unspecified atom stereocenters. The Kier molecular flexibility index (Phi) is 4.59. The average molecular weight is 262 g/mol. The quantitative estimate of drug-likeness (QED) is 0.833. The van der Waals surface area contributed by atoms with E-state index in [0.717, 1.165) is 37.3 Å². The van der Waals surface area contributed by atoms with Crippen molar-refractivity contribution in [3.05, 3.63) is 41.2 Å². The molecular weight excluding hydrogens is 239 g/mol. The minimum Gasteiger partial charge on any atom is -0.365 e. The Morgan fingerprint density at radius 1 is 1.42 bits per heavy atom. The highest BCUT2D eigenvalue weighted by Crippen LogP contribution is 2.31. The first kappa shape index (κ1) is 14.1. The van der Waals surface area contributed by atoms with Crippen molar-refractivity contribution in [1.82, 2.24) is 5.32 Å². The first-order valence-corrected chi connectivity index (χ1v) is 7.05. The molecule has 0 aromatic heterocycles. The fourth-order valence-corrected chi connectivity index (χ4v) is 2.60. The largest absolute Gasteiger partial charge is 0.365 e. The lowest BCUT2D eigenvalue weighted by atomic mass is 10.0. The summed E-state index contributed by atoms with van der Waals surface area (Å²) in [6.07, 6.45) is 3.21. The minimum atomic E-state index is -0.116. The van der Waals surface area contributed by atoms with E-state index in [4.69, 9.17) is 0 Å². The number of anilines is 1. The van der Waals surface area contributed by atoms with Crippen LogP contribution in [0.15, 0.2) is 29.8 Å². The number of rotatable bonds is 4. The molecule has 0 saturated carbocycles. The Bertz CT molecular complexity index is 468. The summed E-state index contributed by atoms with van der Waals surface area (Å²) in [4.78, 5) is 2.14. The van der Waals surface area contributed by atoms with Gasteiger partial charge in [0.25, 0.3) is 0 Å². The van der Waals surface area contributed by atoms with Gasteiger partial charge >= 0.3 is 0 Å². The standard InChI is InChI=1S/C16H23FN2/c1-4-18-13(3)14-6-5-7-15(17)16(14)19-10-8-12(2)9-11-19/h5-8,13,18H,4,9-11H2,1-3H3. The lowest BCUT2D eigenvalue weighted by Crippen LogP contribution is -2.31. The first-order valence-electron chi connectivity index (χ1n) is 7.05. The summed E-state index contributed by atoms with van der Waals surface area (Å²) < 4.78 is 14.2. The maximum atomic E-state index is 14.2. The van der Waals surface area contributed by atoms with E-state index in [1.165, 1.54) is 5.57 Å². The van der Waals surface area contributed by atoms with Crippen molar-refractivity contribution < 1.29 is 4.39 Å². The van der Waals surface area contributed by atoms with Gasteiger partial charge in [0.05, 0.1) is 5.69 Å². The molecule has 0 radical (unpaired) electrons. The summed E-state index contributed by atoms with van der Waals surface area (Å²) in [5, 5.41) is 3.37. The summed E-state index contributed by atoms with van der Waals surface area (Å²) in [5.74, 6) is -0.116. The van der Waals surface area contributed by atoms with Gasteiger partial charge in [-0.2, -0.15) is 0 Å². The minimum absolute atomic E-state index is 0.116. The van der Waals surface area contributed by atoms with Crippen molar-refractivity contribution >= 4 is 5.69 Å². The van der Waals surface area contributed by atoms with E-state index in [2.05, 4.69) is 37.1 Å². The molecule has 0 spiro atoms. The molecule has 104 valence electrons. The zero-order chi connectivity index (χ0) is 13.8. The molecular formula is C16H23FN2. The molecule has 1 N–H and O–H groups in total. The van der Waals surface area contributed by atoms with Crippen molar-refractivity contribution in [2.45, 2.75) is 33.2 Å². The van der Waals surface area contributed by atoms with Crippen LogP contribution in [-0.4, -0.2) is 19.6 Å². The molecule has 1 aromatic carbocycles. The van der Waals surface area contributed by atoms with Gasteiger partial charge < -0.3 is 10.2 Å². The van der Waals surface area contributed by atoms with Gasteiger partial charge in [-0.1, -0.05) is 30.7 Å². The Morgan fingerprint density at radius 3 is 2.84 bits per heavy atom. The predicted molar refractivity (Wildman–Crippen MR) is 79.1 cm³/mol. The van der Waals surface area contributed by atoms with E-state index in [1.54, 1.807) is 12.1 Å². The third-order valence-corrected chi connectivity index (χ3v) is 3.75. The molecule has 0 amide bonds. The topological polar surface area (TPSA) is 15.3 Å². The van der Waals surface area contributed by atoms with Crippen LogP contribution in [0, 0.1) is 5.82 Å². The molecule has 0 bridgehead atoms. The number of hydrogen-bond donors (Lipinski definition) is 1. The van der Waals surface area contributed by atoms with Gasteiger partial charge in [-0.05, 0) is 38.4 Å². The molecule has 19 heavy (non-hydrogen) atoms. The van der Waals surface area contributed by atoms with Crippen LogP contribution in [0.25, 0.3) is 0 Å². The van der Waals surface area contributed by atoms with Crippen LogP contribution in [0.3, 0.4) is 0 Å². The first-order chi connectivity index (χ1) is 9.13. The highest BCUT2D eigenvalue weighted by Gasteiger charge is 2.20. The van der Waals surface area contributed by atoms with Gasteiger partial charge in [0, 0.05) is 19.1 Å². The summed E-state index contributed by atoms with van der Waals surface area (Å²) in [5.41, 5.74) is 3.21. The van der Waals surface area contributed by atoms with Crippen molar-refractivity contribution in [1.29, 1.82) is 0 Å². The molecule has 2 nitrogen and oxygen atoms in total. The summed E-state index contributed by atoms with van der Waals surface area (Å²) in [7, 11) is 0. The van der Waals surface area contributed by atoms with Gasteiger partial charge in [0.1, 0.15) is 5.82 Å². The maximum absolute atomic E-state index is 14.2. The van der Waals surface area contributed by atoms with E-state index < -0.39 is 0 Å². The second-order valence-corrected chi connectivity index (χ2v) is 5.20. The van der Waals surface area contributed by atoms with E-state index in [-0.39, 0.29) is 11.9 Å². The SMILES string of the molecule is CCNC(C)c1cccc(F)c1N1CC=C(C)CC1. The highest BCUT2D eigenvalue weighted by atomic mass is 19.1. The van der Waals surface area contributed by atoms with Crippen LogP contribution >= 0.6 is 0 Å². The molecule has 1 aliphatic heterocycles. The molecule has 3 heteroatoms. The van der Waals surface area contributed by atoms with Crippen LogP contribution in [0.1, 0.15) is 38.8 Å². The van der Waals surface area contributed by atoms with Crippen molar-refractivity contribution in [2.24, 2.45) is 0 Å². The van der Waals surface area contributed by atoms with Gasteiger partial charge in [0.2, 0.25) is 0 Å². The van der Waals surface area contributed by atoms with Gasteiger partial charge in [-0.3, -0.25) is 0 Å². The van der Waals surface area contributed by atoms with Crippen molar-refractivity contribution in [3.8, 4) is 0 Å². The van der Waals surface area contributed by atoms with E-state index in [1.807, 2.05) is 6.07 Å². The zero-order valence-electron chi connectivity index (χ0n) is 12.0. The fourth-order valence-electron chi connectivity index (χ4n) is 2.60. The second-order valence-electron chi connectivity index (χ2n) is 5.20. The third kappa shape index (κ3) is 3.16.